The maximum atomic E-state index is 10.3. The zero-order valence-electron chi connectivity index (χ0n) is 8.42. The first kappa shape index (κ1) is 9.10. The molecule has 1 heterocycles. The Bertz CT molecular complexity index is 431. The molecule has 0 spiro atoms. The van der Waals surface area contributed by atoms with Crippen LogP contribution in [0, 0.1) is 13.8 Å². The number of nitrogens with zero attached hydrogens (tertiary/aromatic N) is 2. The third-order valence-corrected chi connectivity index (χ3v) is 2.83. The number of aromatic nitrogens is 1. The van der Waals surface area contributed by atoms with E-state index in [4.69, 9.17) is 0 Å². The van der Waals surface area contributed by atoms with Crippen LogP contribution in [0.25, 0.3) is 0 Å². The fourth-order valence-electron chi connectivity index (χ4n) is 1.99. The predicted octanol–water partition coefficient (Wildman–Crippen LogP) is 2.15. The van der Waals surface area contributed by atoms with Gasteiger partial charge in [0.25, 0.3) is 0 Å². The number of hydrogen-bond acceptors (Lipinski definition) is 3. The van der Waals surface area contributed by atoms with E-state index >= 15 is 0 Å². The number of isocyanates is 1. The van der Waals surface area contributed by atoms with Crippen LogP contribution in [0.4, 0.5) is 5.69 Å². The minimum atomic E-state index is 0.806. The van der Waals surface area contributed by atoms with Crippen molar-refractivity contribution in [3.8, 4) is 0 Å². The number of hydrogen-bond donors (Lipinski definition) is 0. The van der Waals surface area contributed by atoms with E-state index in [0.29, 0.717) is 0 Å². The molecule has 0 fully saturated rings. The molecule has 0 atom stereocenters. The molecule has 0 aliphatic heterocycles. The Balaban J connectivity index is 2.71. The lowest BCUT2D eigenvalue weighted by molar-refractivity contribution is 0.565. The molecule has 1 aromatic rings. The molecule has 0 unspecified atom stereocenters. The van der Waals surface area contributed by atoms with Gasteiger partial charge >= 0.3 is 0 Å². The molecule has 1 aliphatic carbocycles. The third kappa shape index (κ3) is 1.26. The van der Waals surface area contributed by atoms with Gasteiger partial charge in [-0.3, -0.25) is 4.98 Å². The fraction of sp³-hybridized carbons (Fsp3) is 0.455. The van der Waals surface area contributed by atoms with E-state index in [-0.39, 0.29) is 0 Å². The van der Waals surface area contributed by atoms with Gasteiger partial charge in [0.2, 0.25) is 6.08 Å². The highest BCUT2D eigenvalue weighted by atomic mass is 16.1. The van der Waals surface area contributed by atoms with E-state index in [1.165, 1.54) is 0 Å². The summed E-state index contributed by atoms with van der Waals surface area (Å²) in [7, 11) is 0. The number of aryl methyl sites for hydroxylation is 2. The van der Waals surface area contributed by atoms with E-state index in [0.717, 1.165) is 47.5 Å². The lowest BCUT2D eigenvalue weighted by Gasteiger charge is -2.08. The average Bonchev–Trinajstić information content (AvgIpc) is 2.60. The van der Waals surface area contributed by atoms with Crippen LogP contribution in [0.15, 0.2) is 4.99 Å². The second-order valence-corrected chi connectivity index (χ2v) is 3.65. The summed E-state index contributed by atoms with van der Waals surface area (Å²) in [5.74, 6) is 0. The van der Waals surface area contributed by atoms with Crippen LogP contribution in [0.3, 0.4) is 0 Å². The smallest absolute Gasteiger partial charge is 0.240 e. The molecule has 72 valence electrons. The summed E-state index contributed by atoms with van der Waals surface area (Å²) in [6.45, 7) is 3.91. The Kier molecular flexibility index (Phi) is 2.18. The topological polar surface area (TPSA) is 42.3 Å². The summed E-state index contributed by atoms with van der Waals surface area (Å²) in [6.07, 6.45) is 4.75. The normalized spacial score (nSPS) is 13.6. The van der Waals surface area contributed by atoms with E-state index < -0.39 is 0 Å². The Hall–Kier alpha value is -1.47. The van der Waals surface area contributed by atoms with E-state index in [1.54, 1.807) is 6.08 Å². The van der Waals surface area contributed by atoms with E-state index in [2.05, 4.69) is 9.98 Å². The molecule has 0 radical (unpaired) electrons. The fourth-order valence-corrected chi connectivity index (χ4v) is 1.99. The van der Waals surface area contributed by atoms with Crippen molar-refractivity contribution in [1.82, 2.24) is 4.98 Å². The third-order valence-electron chi connectivity index (χ3n) is 2.83. The molecule has 14 heavy (non-hydrogen) atoms. The van der Waals surface area contributed by atoms with Crippen LogP contribution in [-0.2, 0) is 17.6 Å². The molecular formula is C11H12N2O. The van der Waals surface area contributed by atoms with Gasteiger partial charge in [0, 0.05) is 17.0 Å². The molecule has 0 N–H and O–H groups in total. The van der Waals surface area contributed by atoms with Crippen molar-refractivity contribution >= 4 is 11.8 Å². The molecule has 0 bridgehead atoms. The predicted molar refractivity (Wildman–Crippen MR) is 53.5 cm³/mol. The van der Waals surface area contributed by atoms with Gasteiger partial charge in [0.1, 0.15) is 0 Å². The summed E-state index contributed by atoms with van der Waals surface area (Å²) in [4.78, 5) is 18.6. The average molecular weight is 188 g/mol. The second-order valence-electron chi connectivity index (χ2n) is 3.65. The standard InChI is InChI=1S/C11H12N2O/c1-7-8(2)13-10-5-3-4-9(10)11(7)12-6-14/h3-5H2,1-2H3. The van der Waals surface area contributed by atoms with Gasteiger partial charge in [-0.15, -0.1) is 0 Å². The number of aliphatic imine (C=N–C) groups is 1. The Morgan fingerprint density at radius 2 is 2.14 bits per heavy atom. The van der Waals surface area contributed by atoms with Crippen molar-refractivity contribution in [3.63, 3.8) is 0 Å². The lowest BCUT2D eigenvalue weighted by Crippen LogP contribution is -1.96. The highest BCUT2D eigenvalue weighted by molar-refractivity contribution is 5.61. The molecular weight excluding hydrogens is 176 g/mol. The molecule has 0 amide bonds. The Labute approximate surface area is 82.9 Å². The van der Waals surface area contributed by atoms with Gasteiger partial charge in [-0.1, -0.05) is 0 Å². The SMILES string of the molecule is Cc1nc2c(c(N=C=O)c1C)CCC2. The monoisotopic (exact) mass is 188 g/mol. The second kappa shape index (κ2) is 3.35. The molecule has 3 nitrogen and oxygen atoms in total. The zero-order valence-corrected chi connectivity index (χ0v) is 8.42. The summed E-state index contributed by atoms with van der Waals surface area (Å²) >= 11 is 0. The first-order chi connectivity index (χ1) is 6.74. The molecule has 3 heteroatoms. The summed E-state index contributed by atoms with van der Waals surface area (Å²) in [6, 6.07) is 0. The lowest BCUT2D eigenvalue weighted by atomic mass is 10.1. The number of fused-ring (bicyclic) bond motifs is 1. The minimum Gasteiger partial charge on any atom is -0.257 e. The molecule has 0 aromatic carbocycles. The maximum Gasteiger partial charge on any atom is 0.240 e. The van der Waals surface area contributed by atoms with Crippen LogP contribution < -0.4 is 0 Å². The first-order valence-corrected chi connectivity index (χ1v) is 4.81. The Morgan fingerprint density at radius 3 is 2.86 bits per heavy atom. The number of rotatable bonds is 1. The van der Waals surface area contributed by atoms with Crippen LogP contribution >= 0.6 is 0 Å². The minimum absolute atomic E-state index is 0.806. The summed E-state index contributed by atoms with van der Waals surface area (Å²) in [5.41, 5.74) is 5.05. The van der Waals surface area contributed by atoms with Crippen molar-refractivity contribution < 1.29 is 4.79 Å². The molecule has 1 aliphatic rings. The van der Waals surface area contributed by atoms with Crippen LogP contribution in [-0.4, -0.2) is 11.1 Å². The van der Waals surface area contributed by atoms with Gasteiger partial charge in [0.15, 0.2) is 0 Å². The van der Waals surface area contributed by atoms with Gasteiger partial charge in [-0.25, -0.2) is 4.79 Å². The highest BCUT2D eigenvalue weighted by Gasteiger charge is 2.19. The number of carbonyl (C=O) groups excluding carboxylic acids is 1. The molecule has 0 saturated carbocycles. The zero-order chi connectivity index (χ0) is 10.1. The first-order valence-electron chi connectivity index (χ1n) is 4.81. The van der Waals surface area contributed by atoms with Gasteiger partial charge in [-0.05, 0) is 38.7 Å². The van der Waals surface area contributed by atoms with Crippen molar-refractivity contribution in [1.29, 1.82) is 0 Å². The van der Waals surface area contributed by atoms with Crippen LogP contribution in [0.5, 0.6) is 0 Å². The van der Waals surface area contributed by atoms with E-state index in [1.807, 2.05) is 13.8 Å². The summed E-state index contributed by atoms with van der Waals surface area (Å²) < 4.78 is 0. The van der Waals surface area contributed by atoms with Crippen molar-refractivity contribution in [3.05, 3.63) is 22.5 Å². The van der Waals surface area contributed by atoms with E-state index in [9.17, 15) is 4.79 Å². The quantitative estimate of drug-likeness (QED) is 0.500. The van der Waals surface area contributed by atoms with Crippen molar-refractivity contribution in [2.75, 3.05) is 0 Å². The Morgan fingerprint density at radius 1 is 1.36 bits per heavy atom. The van der Waals surface area contributed by atoms with Crippen LogP contribution in [0.2, 0.25) is 0 Å². The maximum absolute atomic E-state index is 10.3. The molecule has 1 aromatic heterocycles. The van der Waals surface area contributed by atoms with Gasteiger partial charge < -0.3 is 0 Å². The highest BCUT2D eigenvalue weighted by Crippen LogP contribution is 2.33. The molecule has 0 saturated heterocycles. The van der Waals surface area contributed by atoms with Gasteiger partial charge in [0.05, 0.1) is 5.69 Å². The molecule has 2 rings (SSSR count). The van der Waals surface area contributed by atoms with Crippen molar-refractivity contribution in [2.45, 2.75) is 33.1 Å². The van der Waals surface area contributed by atoms with Gasteiger partial charge in [-0.2, -0.15) is 4.99 Å². The number of pyridine rings is 1. The van der Waals surface area contributed by atoms with Crippen LogP contribution in [0.1, 0.15) is 28.9 Å². The summed E-state index contributed by atoms with van der Waals surface area (Å²) in [5, 5.41) is 0. The largest absolute Gasteiger partial charge is 0.257 e. The van der Waals surface area contributed by atoms with Crippen molar-refractivity contribution in [2.24, 2.45) is 4.99 Å².